The normalized spacial score (nSPS) is 22.9. The second kappa shape index (κ2) is 9.61. The van der Waals surface area contributed by atoms with Gasteiger partial charge in [-0.05, 0) is 54.9 Å². The highest BCUT2D eigenvalue weighted by Crippen LogP contribution is 2.49. The zero-order chi connectivity index (χ0) is 27.3. The second-order valence-electron chi connectivity index (χ2n) is 11.4. The number of aliphatic carboxylic acids is 1. The van der Waals surface area contributed by atoms with Gasteiger partial charge in [0.2, 0.25) is 5.91 Å². The Morgan fingerprint density at radius 1 is 1.22 bits per heavy atom. The summed E-state index contributed by atoms with van der Waals surface area (Å²) in [5, 5.41) is 10.7. The topological polar surface area (TPSA) is 106 Å². The number of carboxylic acids is 1. The first-order valence-corrected chi connectivity index (χ1v) is 15.5. The van der Waals surface area contributed by atoms with E-state index >= 15 is 0 Å². The van der Waals surface area contributed by atoms with Crippen LogP contribution in [0.4, 0.5) is 0 Å². The van der Waals surface area contributed by atoms with E-state index in [-0.39, 0.29) is 47.2 Å². The molecule has 1 saturated heterocycles. The molecule has 1 fully saturated rings. The van der Waals surface area contributed by atoms with Crippen LogP contribution in [-0.2, 0) is 14.0 Å². The van der Waals surface area contributed by atoms with Gasteiger partial charge in [-0.3, -0.25) is 4.79 Å². The zero-order valence-electron chi connectivity index (χ0n) is 22.4. The predicted molar refractivity (Wildman–Crippen MR) is 143 cm³/mol. The number of β-lactam (4-membered cyclic amide) rings is 1. The van der Waals surface area contributed by atoms with E-state index in [1.54, 1.807) is 36.4 Å². The minimum absolute atomic E-state index is 0.00378. The largest absolute Gasteiger partial charge is 0.489 e. The van der Waals surface area contributed by atoms with Crippen LogP contribution >= 0.6 is 0 Å². The molecule has 1 unspecified atom stereocenters. The monoisotopic (exact) mass is 525 g/mol. The van der Waals surface area contributed by atoms with Crippen LogP contribution in [0.25, 0.3) is 11.0 Å². The molecule has 2 aliphatic heterocycles. The molecule has 4 atom stereocenters. The molecule has 1 aromatic heterocycles. The number of nitrogens with zero attached hydrogens (tertiary/aromatic N) is 1. The maximum atomic E-state index is 13.2. The first kappa shape index (κ1) is 26.9. The zero-order valence-corrected chi connectivity index (χ0v) is 23.4. The molecule has 0 bridgehead atoms. The summed E-state index contributed by atoms with van der Waals surface area (Å²) in [6.45, 7) is 14.8. The average Bonchev–Trinajstić information content (AvgIpc) is 3.03. The summed E-state index contributed by atoms with van der Waals surface area (Å²) >= 11 is 0. The number of hydrogen-bond donors (Lipinski definition) is 1. The fourth-order valence-corrected chi connectivity index (χ4v) is 6.39. The highest BCUT2D eigenvalue weighted by molar-refractivity contribution is 6.74. The molecule has 0 spiro atoms. The summed E-state index contributed by atoms with van der Waals surface area (Å²) < 4.78 is 17.5. The Morgan fingerprint density at radius 3 is 2.54 bits per heavy atom. The number of benzene rings is 1. The van der Waals surface area contributed by atoms with Crippen molar-refractivity contribution in [1.29, 1.82) is 0 Å². The third-order valence-electron chi connectivity index (χ3n) is 7.94. The lowest BCUT2D eigenvalue weighted by atomic mass is 9.77. The molecular formula is C28H35NO7Si. The summed E-state index contributed by atoms with van der Waals surface area (Å²) in [4.78, 5) is 38.2. The molecule has 1 N–H and O–H groups in total. The van der Waals surface area contributed by atoms with E-state index in [0.29, 0.717) is 16.9 Å². The van der Waals surface area contributed by atoms with Crippen molar-refractivity contribution >= 4 is 31.2 Å². The van der Waals surface area contributed by atoms with Crippen molar-refractivity contribution < 1.29 is 28.3 Å². The number of carbonyl (C=O) groups is 2. The summed E-state index contributed by atoms with van der Waals surface area (Å²) in [7, 11) is -2.10. The maximum Gasteiger partial charge on any atom is 0.352 e. The van der Waals surface area contributed by atoms with Crippen LogP contribution in [0.15, 0.2) is 63.0 Å². The number of carbonyl (C=O) groups excluding carboxylic acids is 1. The summed E-state index contributed by atoms with van der Waals surface area (Å²) in [6, 6.07) is 8.01. The van der Waals surface area contributed by atoms with E-state index in [0.717, 1.165) is 5.39 Å². The first-order valence-electron chi connectivity index (χ1n) is 12.5. The van der Waals surface area contributed by atoms with Crippen molar-refractivity contribution in [1.82, 2.24) is 4.90 Å². The molecule has 0 aliphatic carbocycles. The van der Waals surface area contributed by atoms with Gasteiger partial charge in [0, 0.05) is 23.4 Å². The number of ether oxygens (including phenoxy) is 1. The van der Waals surface area contributed by atoms with Gasteiger partial charge in [-0.1, -0.05) is 33.8 Å². The molecule has 198 valence electrons. The van der Waals surface area contributed by atoms with Crippen LogP contribution in [0, 0.1) is 11.8 Å². The number of fused-ring (bicyclic) bond motifs is 2. The molecular weight excluding hydrogens is 490 g/mol. The van der Waals surface area contributed by atoms with E-state index in [1.807, 2.05) is 13.8 Å². The molecule has 8 nitrogen and oxygen atoms in total. The molecule has 0 saturated carbocycles. The third kappa shape index (κ3) is 4.90. The Labute approximate surface area is 217 Å². The molecule has 2 aromatic rings. The smallest absolute Gasteiger partial charge is 0.352 e. The van der Waals surface area contributed by atoms with E-state index in [2.05, 4.69) is 33.9 Å². The molecule has 2 aliphatic rings. The van der Waals surface area contributed by atoms with Gasteiger partial charge >= 0.3 is 11.6 Å². The quantitative estimate of drug-likeness (QED) is 0.295. The van der Waals surface area contributed by atoms with Gasteiger partial charge in [0.25, 0.3) is 0 Å². The number of carboxylic acid groups (broad SMARTS) is 1. The summed E-state index contributed by atoms with van der Waals surface area (Å²) in [5.74, 6) is -1.34. The highest BCUT2D eigenvalue weighted by Gasteiger charge is 2.60. The highest BCUT2D eigenvalue weighted by atomic mass is 28.4. The van der Waals surface area contributed by atoms with Gasteiger partial charge in [0.05, 0.1) is 18.1 Å². The Balaban J connectivity index is 1.48. The van der Waals surface area contributed by atoms with Crippen LogP contribution in [0.2, 0.25) is 18.1 Å². The molecule has 1 aromatic carbocycles. The van der Waals surface area contributed by atoms with E-state index in [9.17, 15) is 19.5 Å². The van der Waals surface area contributed by atoms with Crippen LogP contribution in [0.3, 0.4) is 0 Å². The Kier molecular flexibility index (Phi) is 6.98. The van der Waals surface area contributed by atoms with Crippen molar-refractivity contribution in [3.63, 3.8) is 0 Å². The number of rotatable bonds is 8. The average molecular weight is 526 g/mol. The van der Waals surface area contributed by atoms with E-state index in [1.165, 1.54) is 11.0 Å². The fourth-order valence-electron chi connectivity index (χ4n) is 4.97. The van der Waals surface area contributed by atoms with Crippen LogP contribution in [0.5, 0.6) is 5.75 Å². The van der Waals surface area contributed by atoms with Crippen LogP contribution in [0.1, 0.15) is 34.6 Å². The standard InChI is InChI=1S/C28H35NO7Si/c1-16-20(9-8-14-34-19-12-10-18-11-13-22(30)35-21(18)15-19)25(27(32)33)29-24(16)23(26(29)31)17(2)36-37(6,7)28(3,4)5/h8-13,15-17,23-24H,14H2,1-7H3,(H,32,33)/b9-8+/t16-,17?,23+,24+/m0/s1. The molecule has 4 rings (SSSR count). The van der Waals surface area contributed by atoms with Crippen molar-refractivity contribution in [2.45, 2.75) is 64.9 Å². The molecule has 0 radical (unpaired) electrons. The van der Waals surface area contributed by atoms with Crippen molar-refractivity contribution in [3.05, 3.63) is 64.2 Å². The van der Waals surface area contributed by atoms with E-state index in [4.69, 9.17) is 13.6 Å². The number of hydrogen-bond acceptors (Lipinski definition) is 6. The van der Waals surface area contributed by atoms with Crippen LogP contribution in [-0.4, -0.2) is 49.0 Å². The third-order valence-corrected chi connectivity index (χ3v) is 12.5. The first-order chi connectivity index (χ1) is 17.2. The fraction of sp³-hybridized carbons (Fsp3) is 0.464. The minimum atomic E-state index is -2.10. The molecule has 9 heteroatoms. The number of amides is 1. The van der Waals surface area contributed by atoms with E-state index < -0.39 is 19.9 Å². The summed E-state index contributed by atoms with van der Waals surface area (Å²) in [6.07, 6.45) is 3.17. The summed E-state index contributed by atoms with van der Waals surface area (Å²) in [5.41, 5.74) is 0.620. The van der Waals surface area contributed by atoms with Gasteiger partial charge in [-0.25, -0.2) is 9.59 Å². The van der Waals surface area contributed by atoms with Gasteiger partial charge < -0.3 is 23.6 Å². The Morgan fingerprint density at radius 2 is 1.89 bits per heavy atom. The lowest BCUT2D eigenvalue weighted by Crippen LogP contribution is -2.65. The van der Waals surface area contributed by atoms with Crippen molar-refractivity contribution in [3.8, 4) is 5.75 Å². The molecule has 1 amide bonds. The van der Waals surface area contributed by atoms with Gasteiger partial charge in [0.15, 0.2) is 8.32 Å². The van der Waals surface area contributed by atoms with Gasteiger partial charge in [-0.15, -0.1) is 0 Å². The predicted octanol–water partition coefficient (Wildman–Crippen LogP) is 4.95. The van der Waals surface area contributed by atoms with Gasteiger partial charge in [0.1, 0.15) is 23.6 Å². The van der Waals surface area contributed by atoms with Gasteiger partial charge in [-0.2, -0.15) is 0 Å². The Bertz CT molecular complexity index is 1350. The second-order valence-corrected chi connectivity index (χ2v) is 16.1. The minimum Gasteiger partial charge on any atom is -0.489 e. The maximum absolute atomic E-state index is 13.2. The lowest BCUT2D eigenvalue weighted by Gasteiger charge is -2.50. The van der Waals surface area contributed by atoms with Crippen molar-refractivity contribution in [2.75, 3.05) is 6.61 Å². The lowest BCUT2D eigenvalue weighted by molar-refractivity contribution is -0.162. The SMILES string of the molecule is CC(O[Si](C)(C)C(C)(C)C)[C@H]1C(=O)N2C(C(=O)O)=C(/C=C/COc3ccc4ccc(=O)oc4c3)[C@H](C)[C@H]12. The van der Waals surface area contributed by atoms with Crippen LogP contribution < -0.4 is 10.4 Å². The Hall–Kier alpha value is -3.17. The number of allylic oxidation sites excluding steroid dienone is 1. The van der Waals surface area contributed by atoms with Crippen molar-refractivity contribution in [2.24, 2.45) is 11.8 Å². The molecule has 3 heterocycles. The molecule has 37 heavy (non-hydrogen) atoms.